The van der Waals surface area contributed by atoms with E-state index in [9.17, 15) is 4.79 Å². The molecule has 0 spiro atoms. The highest BCUT2D eigenvalue weighted by Crippen LogP contribution is 2.00. The molecule has 0 aliphatic carbocycles. The SMILES string of the molecule is CC(C)C(N)C(=O)OCCCO. The fraction of sp³-hybridized carbons (Fsp3) is 0.875. The van der Waals surface area contributed by atoms with Crippen LogP contribution in [0.25, 0.3) is 0 Å². The second-order valence-electron chi connectivity index (χ2n) is 3.01. The first kappa shape index (κ1) is 11.4. The predicted molar refractivity (Wildman–Crippen MR) is 45.5 cm³/mol. The zero-order valence-corrected chi connectivity index (χ0v) is 7.62. The van der Waals surface area contributed by atoms with Gasteiger partial charge in [0.2, 0.25) is 0 Å². The summed E-state index contributed by atoms with van der Waals surface area (Å²) in [5.41, 5.74) is 5.51. The molecule has 0 aliphatic heterocycles. The van der Waals surface area contributed by atoms with Gasteiger partial charge in [-0.05, 0) is 5.92 Å². The Labute approximate surface area is 72.7 Å². The maximum atomic E-state index is 11.0. The summed E-state index contributed by atoms with van der Waals surface area (Å²) in [6, 6.07) is -0.552. The summed E-state index contributed by atoms with van der Waals surface area (Å²) >= 11 is 0. The zero-order valence-electron chi connectivity index (χ0n) is 7.62. The molecule has 0 radical (unpaired) electrons. The molecule has 4 heteroatoms. The van der Waals surface area contributed by atoms with E-state index in [1.54, 1.807) is 0 Å². The Hall–Kier alpha value is -0.610. The van der Waals surface area contributed by atoms with Crippen LogP contribution < -0.4 is 5.73 Å². The molecular weight excluding hydrogens is 158 g/mol. The average Bonchev–Trinajstić information content (AvgIpc) is 2.03. The van der Waals surface area contributed by atoms with E-state index in [2.05, 4.69) is 0 Å². The highest BCUT2D eigenvalue weighted by molar-refractivity contribution is 5.75. The smallest absolute Gasteiger partial charge is 0.323 e. The number of aliphatic hydroxyl groups is 1. The molecule has 3 N–H and O–H groups in total. The molecule has 0 aromatic rings. The van der Waals surface area contributed by atoms with Crippen molar-refractivity contribution >= 4 is 5.97 Å². The van der Waals surface area contributed by atoms with Crippen LogP contribution in [0, 0.1) is 5.92 Å². The summed E-state index contributed by atoms with van der Waals surface area (Å²) in [5, 5.41) is 8.40. The molecule has 0 rings (SSSR count). The van der Waals surface area contributed by atoms with Crippen molar-refractivity contribution in [3.63, 3.8) is 0 Å². The number of rotatable bonds is 5. The van der Waals surface area contributed by atoms with Crippen LogP contribution in [0.2, 0.25) is 0 Å². The third-order valence-electron chi connectivity index (χ3n) is 1.54. The van der Waals surface area contributed by atoms with Crippen molar-refractivity contribution in [1.29, 1.82) is 0 Å². The molecule has 0 saturated heterocycles. The zero-order chi connectivity index (χ0) is 9.56. The number of esters is 1. The van der Waals surface area contributed by atoms with Crippen LogP contribution in [0.3, 0.4) is 0 Å². The molecule has 12 heavy (non-hydrogen) atoms. The van der Waals surface area contributed by atoms with E-state index < -0.39 is 12.0 Å². The fourth-order valence-electron chi connectivity index (χ4n) is 0.606. The second kappa shape index (κ2) is 5.97. The highest BCUT2D eigenvalue weighted by atomic mass is 16.5. The maximum Gasteiger partial charge on any atom is 0.323 e. The first-order chi connectivity index (χ1) is 5.59. The predicted octanol–water partition coefficient (Wildman–Crippen LogP) is -0.105. The molecule has 0 bridgehead atoms. The van der Waals surface area contributed by atoms with Gasteiger partial charge in [0.05, 0.1) is 6.61 Å². The topological polar surface area (TPSA) is 72.6 Å². The number of ether oxygens (including phenoxy) is 1. The molecule has 0 aliphatic rings. The Balaban J connectivity index is 3.57. The van der Waals surface area contributed by atoms with Crippen LogP contribution in [0.15, 0.2) is 0 Å². The Bertz CT molecular complexity index is 136. The molecule has 0 amide bonds. The average molecular weight is 175 g/mol. The lowest BCUT2D eigenvalue weighted by atomic mass is 10.1. The van der Waals surface area contributed by atoms with Gasteiger partial charge in [0.15, 0.2) is 0 Å². The molecule has 4 nitrogen and oxygen atoms in total. The highest BCUT2D eigenvalue weighted by Gasteiger charge is 2.17. The quantitative estimate of drug-likeness (QED) is 0.452. The molecule has 0 fully saturated rings. The van der Waals surface area contributed by atoms with Gasteiger partial charge in [0.1, 0.15) is 6.04 Å². The molecule has 0 saturated carbocycles. The number of carbonyl (C=O) groups is 1. The monoisotopic (exact) mass is 175 g/mol. The summed E-state index contributed by atoms with van der Waals surface area (Å²) in [5.74, 6) is -0.301. The van der Waals surface area contributed by atoms with Gasteiger partial charge in [-0.3, -0.25) is 4.79 Å². The molecule has 0 aromatic heterocycles. The van der Waals surface area contributed by atoms with Gasteiger partial charge in [-0.25, -0.2) is 0 Å². The molecule has 1 unspecified atom stereocenters. The summed E-state index contributed by atoms with van der Waals surface area (Å²) in [6.07, 6.45) is 0.469. The minimum atomic E-state index is -0.552. The van der Waals surface area contributed by atoms with Gasteiger partial charge in [0, 0.05) is 13.0 Å². The second-order valence-corrected chi connectivity index (χ2v) is 3.01. The summed E-state index contributed by atoms with van der Waals surface area (Å²) in [4.78, 5) is 11.0. The standard InChI is InChI=1S/C8H17NO3/c1-6(2)7(9)8(11)12-5-3-4-10/h6-7,10H,3-5,9H2,1-2H3. The lowest BCUT2D eigenvalue weighted by Crippen LogP contribution is -2.37. The maximum absolute atomic E-state index is 11.0. The van der Waals surface area contributed by atoms with Crippen molar-refractivity contribution in [2.75, 3.05) is 13.2 Å². The van der Waals surface area contributed by atoms with Crippen molar-refractivity contribution in [2.24, 2.45) is 11.7 Å². The van der Waals surface area contributed by atoms with Crippen molar-refractivity contribution < 1.29 is 14.6 Å². The lowest BCUT2D eigenvalue weighted by molar-refractivity contribution is -0.146. The van der Waals surface area contributed by atoms with E-state index in [0.29, 0.717) is 6.42 Å². The van der Waals surface area contributed by atoms with Crippen LogP contribution in [0.1, 0.15) is 20.3 Å². The van der Waals surface area contributed by atoms with E-state index >= 15 is 0 Å². The van der Waals surface area contributed by atoms with Gasteiger partial charge < -0.3 is 15.6 Å². The van der Waals surface area contributed by atoms with Gasteiger partial charge in [-0.2, -0.15) is 0 Å². The van der Waals surface area contributed by atoms with E-state index in [1.807, 2.05) is 13.8 Å². The van der Waals surface area contributed by atoms with Crippen LogP contribution >= 0.6 is 0 Å². The number of hydrogen-bond donors (Lipinski definition) is 2. The third kappa shape index (κ3) is 4.31. The third-order valence-corrected chi connectivity index (χ3v) is 1.54. The van der Waals surface area contributed by atoms with Gasteiger partial charge in [0.25, 0.3) is 0 Å². The van der Waals surface area contributed by atoms with E-state index in [4.69, 9.17) is 15.6 Å². The number of carbonyl (C=O) groups excluding carboxylic acids is 1. The summed E-state index contributed by atoms with van der Waals surface area (Å²) in [6.45, 7) is 4.00. The molecule has 72 valence electrons. The summed E-state index contributed by atoms with van der Waals surface area (Å²) < 4.78 is 4.78. The lowest BCUT2D eigenvalue weighted by Gasteiger charge is -2.13. The first-order valence-electron chi connectivity index (χ1n) is 4.12. The van der Waals surface area contributed by atoms with Crippen LogP contribution in [0.4, 0.5) is 0 Å². The fourth-order valence-corrected chi connectivity index (χ4v) is 0.606. The van der Waals surface area contributed by atoms with E-state index in [-0.39, 0.29) is 19.1 Å². The minimum absolute atomic E-state index is 0.0319. The molecular formula is C8H17NO3. The largest absolute Gasteiger partial charge is 0.464 e. The molecule has 0 heterocycles. The van der Waals surface area contributed by atoms with Crippen molar-refractivity contribution in [2.45, 2.75) is 26.3 Å². The van der Waals surface area contributed by atoms with Crippen molar-refractivity contribution in [3.8, 4) is 0 Å². The van der Waals surface area contributed by atoms with Gasteiger partial charge in [-0.15, -0.1) is 0 Å². The Morgan fingerprint density at radius 1 is 1.58 bits per heavy atom. The summed E-state index contributed by atoms with van der Waals surface area (Å²) in [7, 11) is 0. The van der Waals surface area contributed by atoms with Crippen molar-refractivity contribution in [3.05, 3.63) is 0 Å². The first-order valence-corrected chi connectivity index (χ1v) is 4.12. The minimum Gasteiger partial charge on any atom is -0.464 e. The molecule has 1 atom stereocenters. The normalized spacial score (nSPS) is 13.1. The van der Waals surface area contributed by atoms with Crippen LogP contribution in [0.5, 0.6) is 0 Å². The van der Waals surface area contributed by atoms with Gasteiger partial charge in [-0.1, -0.05) is 13.8 Å². The van der Waals surface area contributed by atoms with Crippen LogP contribution in [-0.4, -0.2) is 30.3 Å². The van der Waals surface area contributed by atoms with Crippen LogP contribution in [-0.2, 0) is 9.53 Å². The molecule has 0 aromatic carbocycles. The Morgan fingerprint density at radius 2 is 2.17 bits per heavy atom. The Kier molecular flexibility index (Phi) is 5.66. The number of nitrogens with two attached hydrogens (primary N) is 1. The Morgan fingerprint density at radius 3 is 2.58 bits per heavy atom. The van der Waals surface area contributed by atoms with E-state index in [0.717, 1.165) is 0 Å². The van der Waals surface area contributed by atoms with Crippen molar-refractivity contribution in [1.82, 2.24) is 0 Å². The van der Waals surface area contributed by atoms with Gasteiger partial charge >= 0.3 is 5.97 Å². The number of hydrogen-bond acceptors (Lipinski definition) is 4. The number of aliphatic hydroxyl groups excluding tert-OH is 1. The van der Waals surface area contributed by atoms with E-state index in [1.165, 1.54) is 0 Å².